The van der Waals surface area contributed by atoms with E-state index in [1.807, 2.05) is 25.1 Å². The molecule has 0 bridgehead atoms. The predicted octanol–water partition coefficient (Wildman–Crippen LogP) is 1.78. The molecule has 1 rings (SSSR count). The summed E-state index contributed by atoms with van der Waals surface area (Å²) in [6.07, 6.45) is 3.45. The van der Waals surface area contributed by atoms with Crippen LogP contribution in [0.25, 0.3) is 0 Å². The molecule has 0 fully saturated rings. The Bertz CT molecular complexity index is 304. The minimum Gasteiger partial charge on any atom is -0.386 e. The molecule has 1 aromatic rings. The minimum atomic E-state index is 0.644. The first-order chi connectivity index (χ1) is 6.83. The first-order valence-corrected chi connectivity index (χ1v) is 4.57. The molecule has 3 nitrogen and oxygen atoms in total. The Labute approximate surface area is 84.6 Å². The summed E-state index contributed by atoms with van der Waals surface area (Å²) in [5.74, 6) is 0. The molecular formula is C11H15N3. The number of nitrogens with one attached hydrogen (secondary N) is 1. The van der Waals surface area contributed by atoms with E-state index in [0.29, 0.717) is 6.54 Å². The molecule has 0 saturated carbocycles. The van der Waals surface area contributed by atoms with Gasteiger partial charge in [0, 0.05) is 11.9 Å². The third kappa shape index (κ3) is 3.85. The molecule has 1 N–H and O–H groups in total. The van der Waals surface area contributed by atoms with Crippen LogP contribution < -0.4 is 5.32 Å². The third-order valence-electron chi connectivity index (χ3n) is 1.74. The summed E-state index contributed by atoms with van der Waals surface area (Å²) in [6, 6.07) is 5.84. The van der Waals surface area contributed by atoms with Gasteiger partial charge in [-0.2, -0.15) is 0 Å². The summed E-state index contributed by atoms with van der Waals surface area (Å²) in [6.45, 7) is 6.95. The zero-order valence-corrected chi connectivity index (χ0v) is 8.40. The molecular weight excluding hydrogens is 174 g/mol. The monoisotopic (exact) mass is 189 g/mol. The highest BCUT2D eigenvalue weighted by atomic mass is 14.9. The van der Waals surface area contributed by atoms with Gasteiger partial charge in [0.1, 0.15) is 0 Å². The third-order valence-corrected chi connectivity index (χ3v) is 1.74. The highest BCUT2D eigenvalue weighted by Gasteiger charge is 1.91. The van der Waals surface area contributed by atoms with Gasteiger partial charge in [-0.15, -0.1) is 0 Å². The van der Waals surface area contributed by atoms with Crippen molar-refractivity contribution >= 4 is 5.71 Å². The average Bonchev–Trinajstić information content (AvgIpc) is 2.25. The van der Waals surface area contributed by atoms with Gasteiger partial charge in [-0.05, 0) is 25.3 Å². The Kier molecular flexibility index (Phi) is 4.41. The molecule has 1 aromatic heterocycles. The Morgan fingerprint density at radius 1 is 1.64 bits per heavy atom. The molecule has 0 saturated heterocycles. The lowest BCUT2D eigenvalue weighted by Crippen LogP contribution is -2.14. The van der Waals surface area contributed by atoms with E-state index in [0.717, 1.165) is 18.0 Å². The zero-order valence-electron chi connectivity index (χ0n) is 8.40. The molecule has 0 aromatic carbocycles. The maximum atomic E-state index is 4.38. The number of rotatable bonds is 5. The van der Waals surface area contributed by atoms with Crippen molar-refractivity contribution in [2.45, 2.75) is 13.5 Å². The van der Waals surface area contributed by atoms with E-state index in [1.165, 1.54) is 0 Å². The van der Waals surface area contributed by atoms with Crippen LogP contribution in [0.5, 0.6) is 0 Å². The second-order valence-electron chi connectivity index (χ2n) is 2.96. The number of aliphatic imine (C=N–C) groups is 1. The van der Waals surface area contributed by atoms with Gasteiger partial charge >= 0.3 is 0 Å². The van der Waals surface area contributed by atoms with Crippen molar-refractivity contribution in [3.63, 3.8) is 0 Å². The lowest BCUT2D eigenvalue weighted by atomic mass is 10.3. The lowest BCUT2D eigenvalue weighted by molar-refractivity contribution is 0.954. The van der Waals surface area contributed by atoms with Crippen molar-refractivity contribution in [2.75, 3.05) is 6.54 Å². The summed E-state index contributed by atoms with van der Waals surface area (Å²) < 4.78 is 0. The van der Waals surface area contributed by atoms with Crippen LogP contribution in [0.3, 0.4) is 0 Å². The first kappa shape index (κ1) is 10.4. The fourth-order valence-electron chi connectivity index (χ4n) is 0.983. The highest BCUT2D eigenvalue weighted by Crippen LogP contribution is 1.95. The fraction of sp³-hybridized carbons (Fsp3) is 0.273. The van der Waals surface area contributed by atoms with Gasteiger partial charge in [0.05, 0.1) is 18.8 Å². The Morgan fingerprint density at radius 3 is 3.14 bits per heavy atom. The van der Waals surface area contributed by atoms with E-state index in [2.05, 4.69) is 21.9 Å². The van der Waals surface area contributed by atoms with Crippen LogP contribution in [-0.4, -0.2) is 17.2 Å². The van der Waals surface area contributed by atoms with Crippen LogP contribution in [0.1, 0.15) is 12.6 Å². The molecule has 14 heavy (non-hydrogen) atoms. The highest BCUT2D eigenvalue weighted by molar-refractivity contribution is 5.83. The summed E-state index contributed by atoms with van der Waals surface area (Å²) in [5, 5.41) is 3.00. The van der Waals surface area contributed by atoms with E-state index >= 15 is 0 Å². The van der Waals surface area contributed by atoms with Crippen molar-refractivity contribution in [1.82, 2.24) is 10.3 Å². The zero-order chi connectivity index (χ0) is 10.2. The number of nitrogens with zero attached hydrogens (tertiary/aromatic N) is 2. The van der Waals surface area contributed by atoms with E-state index in [9.17, 15) is 0 Å². The van der Waals surface area contributed by atoms with Crippen molar-refractivity contribution in [1.29, 1.82) is 0 Å². The molecule has 0 aliphatic rings. The molecule has 0 unspecified atom stereocenters. The van der Waals surface area contributed by atoms with Gasteiger partial charge in [0.15, 0.2) is 0 Å². The van der Waals surface area contributed by atoms with Gasteiger partial charge in [-0.1, -0.05) is 12.6 Å². The Hall–Kier alpha value is -1.64. The van der Waals surface area contributed by atoms with Gasteiger partial charge in [-0.25, -0.2) is 0 Å². The van der Waals surface area contributed by atoms with Crippen LogP contribution in [0.15, 0.2) is 42.2 Å². The summed E-state index contributed by atoms with van der Waals surface area (Å²) >= 11 is 0. The van der Waals surface area contributed by atoms with Crippen molar-refractivity contribution < 1.29 is 0 Å². The quantitative estimate of drug-likeness (QED) is 0.717. The lowest BCUT2D eigenvalue weighted by Gasteiger charge is -2.00. The molecule has 74 valence electrons. The largest absolute Gasteiger partial charge is 0.386 e. The van der Waals surface area contributed by atoms with Crippen molar-refractivity contribution in [2.24, 2.45) is 4.99 Å². The van der Waals surface area contributed by atoms with Gasteiger partial charge < -0.3 is 5.32 Å². The average molecular weight is 189 g/mol. The molecule has 0 atom stereocenters. The predicted molar refractivity (Wildman–Crippen MR) is 59.2 cm³/mol. The molecule has 0 aliphatic carbocycles. The fourth-order valence-corrected chi connectivity index (χ4v) is 0.983. The van der Waals surface area contributed by atoms with Crippen molar-refractivity contribution in [3.8, 4) is 0 Å². The maximum absolute atomic E-state index is 4.38. The summed E-state index contributed by atoms with van der Waals surface area (Å²) in [4.78, 5) is 8.56. The summed E-state index contributed by atoms with van der Waals surface area (Å²) in [5.41, 5.74) is 2.04. The Morgan fingerprint density at radius 2 is 2.50 bits per heavy atom. The van der Waals surface area contributed by atoms with Gasteiger partial charge in [-0.3, -0.25) is 9.98 Å². The molecule has 1 heterocycles. The smallest absolute Gasteiger partial charge is 0.0811 e. The van der Waals surface area contributed by atoms with Crippen LogP contribution in [0, 0.1) is 0 Å². The van der Waals surface area contributed by atoms with Crippen molar-refractivity contribution in [3.05, 3.63) is 42.9 Å². The standard InChI is InChI=1S/C11H15N3/c1-3-12-8-10(2)14-9-11-6-4-5-7-13-11/h3-7,12H,1,8-9H2,2H3. The number of hydrogen-bond donors (Lipinski definition) is 1. The second kappa shape index (κ2) is 5.91. The minimum absolute atomic E-state index is 0.644. The van der Waals surface area contributed by atoms with Gasteiger partial charge in [0.25, 0.3) is 0 Å². The van der Waals surface area contributed by atoms with Gasteiger partial charge in [0.2, 0.25) is 0 Å². The molecule has 3 heteroatoms. The van der Waals surface area contributed by atoms with E-state index in [4.69, 9.17) is 0 Å². The van der Waals surface area contributed by atoms with Crippen LogP contribution in [-0.2, 0) is 6.54 Å². The molecule has 0 spiro atoms. The van der Waals surface area contributed by atoms with E-state index in [1.54, 1.807) is 12.4 Å². The normalized spacial score (nSPS) is 11.1. The Balaban J connectivity index is 2.42. The SMILES string of the molecule is C=CNCC(C)=NCc1ccccn1. The molecule has 0 radical (unpaired) electrons. The molecule has 0 aliphatic heterocycles. The van der Waals surface area contributed by atoms with Crippen LogP contribution >= 0.6 is 0 Å². The second-order valence-corrected chi connectivity index (χ2v) is 2.96. The number of hydrogen-bond acceptors (Lipinski definition) is 3. The van der Waals surface area contributed by atoms with E-state index in [-0.39, 0.29) is 0 Å². The van der Waals surface area contributed by atoms with Crippen LogP contribution in [0.4, 0.5) is 0 Å². The number of pyridine rings is 1. The van der Waals surface area contributed by atoms with E-state index < -0.39 is 0 Å². The first-order valence-electron chi connectivity index (χ1n) is 4.57. The maximum Gasteiger partial charge on any atom is 0.0811 e. The molecule has 0 amide bonds. The van der Waals surface area contributed by atoms with Crippen LogP contribution in [0.2, 0.25) is 0 Å². The number of aromatic nitrogens is 1. The topological polar surface area (TPSA) is 37.3 Å². The summed E-state index contributed by atoms with van der Waals surface area (Å²) in [7, 11) is 0.